The van der Waals surface area contributed by atoms with Gasteiger partial charge in [-0.2, -0.15) is 13.2 Å². The Morgan fingerprint density at radius 2 is 2.10 bits per heavy atom. The van der Waals surface area contributed by atoms with Crippen molar-refractivity contribution in [3.63, 3.8) is 0 Å². The van der Waals surface area contributed by atoms with Crippen molar-refractivity contribution in [2.45, 2.75) is 25.2 Å². The summed E-state index contributed by atoms with van der Waals surface area (Å²) in [5.41, 5.74) is 0.770. The molecule has 1 aliphatic heterocycles. The van der Waals surface area contributed by atoms with Crippen LogP contribution >= 0.6 is 0 Å². The second kappa shape index (κ2) is 9.80. The summed E-state index contributed by atoms with van der Waals surface area (Å²) >= 11 is 0. The van der Waals surface area contributed by atoms with E-state index in [-0.39, 0.29) is 18.5 Å². The Balaban J connectivity index is 1.55. The average Bonchev–Trinajstić information content (AvgIpc) is 3.17. The van der Waals surface area contributed by atoms with Crippen molar-refractivity contribution in [3.8, 4) is 5.88 Å². The molecule has 168 valence electrons. The van der Waals surface area contributed by atoms with Crippen LogP contribution in [0.2, 0.25) is 0 Å². The summed E-state index contributed by atoms with van der Waals surface area (Å²) in [5.74, 6) is -0.932. The molecule has 0 amide bonds. The van der Waals surface area contributed by atoms with Crippen molar-refractivity contribution < 1.29 is 26.7 Å². The Morgan fingerprint density at radius 1 is 1.29 bits per heavy atom. The average molecular weight is 443 g/mol. The van der Waals surface area contributed by atoms with E-state index in [1.165, 1.54) is 18.3 Å². The van der Waals surface area contributed by atoms with E-state index in [1.807, 2.05) is 4.90 Å². The summed E-state index contributed by atoms with van der Waals surface area (Å²) in [6.07, 6.45) is -2.41. The zero-order valence-corrected chi connectivity index (χ0v) is 16.7. The molecule has 11 heteroatoms. The summed E-state index contributed by atoms with van der Waals surface area (Å²) in [5, 5.41) is 6.22. The van der Waals surface area contributed by atoms with E-state index in [0.717, 1.165) is 6.07 Å². The number of anilines is 1. The molecular weight excluding hydrogens is 421 g/mol. The number of pyridine rings is 1. The maximum absolute atomic E-state index is 14.0. The van der Waals surface area contributed by atoms with Crippen molar-refractivity contribution in [2.24, 2.45) is 4.99 Å². The molecule has 1 unspecified atom stereocenters. The molecule has 1 aromatic heterocycles. The largest absolute Gasteiger partial charge is 0.468 e. The number of hydrogen-bond donors (Lipinski definition) is 2. The number of halogens is 5. The fraction of sp³-hybridized carbons (Fsp3) is 0.400. The predicted molar refractivity (Wildman–Crippen MR) is 106 cm³/mol. The van der Waals surface area contributed by atoms with Crippen LogP contribution in [-0.4, -0.2) is 49.9 Å². The van der Waals surface area contributed by atoms with Crippen molar-refractivity contribution in [3.05, 3.63) is 53.7 Å². The van der Waals surface area contributed by atoms with Gasteiger partial charge in [0.25, 0.3) is 0 Å². The monoisotopic (exact) mass is 443 g/mol. The van der Waals surface area contributed by atoms with Gasteiger partial charge in [0.1, 0.15) is 11.6 Å². The first-order valence-electron chi connectivity index (χ1n) is 9.56. The third-order valence-corrected chi connectivity index (χ3v) is 4.67. The minimum Gasteiger partial charge on any atom is -0.468 e. The van der Waals surface area contributed by atoms with Crippen molar-refractivity contribution >= 4 is 11.6 Å². The maximum Gasteiger partial charge on any atom is 0.422 e. The van der Waals surface area contributed by atoms with Gasteiger partial charge in [0.2, 0.25) is 5.88 Å². The summed E-state index contributed by atoms with van der Waals surface area (Å²) in [6.45, 7) is -0.225. The van der Waals surface area contributed by atoms with E-state index in [1.54, 1.807) is 19.2 Å². The van der Waals surface area contributed by atoms with Crippen LogP contribution in [0.4, 0.5) is 27.6 Å². The number of hydrogen-bond acceptors (Lipinski definition) is 4. The standard InChI is InChI=1S/C20H22F5N5O/c1-26-19(28-10-13-3-2-7-27-18(13)31-12-20(23,24)25)29-15-6-8-30(11-15)17-5-4-14(21)9-16(17)22/h2-5,7,9,15H,6,8,10-12H2,1H3,(H2,26,28,29). The van der Waals surface area contributed by atoms with Gasteiger partial charge < -0.3 is 20.3 Å². The molecule has 0 aliphatic carbocycles. The Kier molecular flexibility index (Phi) is 7.13. The van der Waals surface area contributed by atoms with E-state index in [9.17, 15) is 22.0 Å². The summed E-state index contributed by atoms with van der Waals surface area (Å²) in [7, 11) is 1.56. The lowest BCUT2D eigenvalue weighted by Crippen LogP contribution is -2.44. The molecule has 0 saturated carbocycles. The lowest BCUT2D eigenvalue weighted by molar-refractivity contribution is -0.154. The molecule has 1 atom stereocenters. The number of aromatic nitrogens is 1. The number of alkyl halides is 3. The van der Waals surface area contributed by atoms with Crippen LogP contribution in [0.3, 0.4) is 0 Å². The highest BCUT2D eigenvalue weighted by molar-refractivity contribution is 5.80. The van der Waals surface area contributed by atoms with Gasteiger partial charge >= 0.3 is 6.18 Å². The van der Waals surface area contributed by atoms with Crippen molar-refractivity contribution in [1.29, 1.82) is 0 Å². The molecule has 3 rings (SSSR count). The van der Waals surface area contributed by atoms with Crippen LogP contribution in [0.5, 0.6) is 5.88 Å². The second-order valence-corrected chi connectivity index (χ2v) is 6.97. The van der Waals surface area contributed by atoms with E-state index >= 15 is 0 Å². The molecule has 0 bridgehead atoms. The molecule has 31 heavy (non-hydrogen) atoms. The SMILES string of the molecule is CN=C(NCc1cccnc1OCC(F)(F)F)NC1CCN(c2ccc(F)cc2F)C1. The number of ether oxygens (including phenoxy) is 1. The number of nitrogens with zero attached hydrogens (tertiary/aromatic N) is 3. The molecule has 1 aliphatic rings. The van der Waals surface area contributed by atoms with E-state index < -0.39 is 24.4 Å². The molecular formula is C20H22F5N5O. The summed E-state index contributed by atoms with van der Waals surface area (Å²) in [6, 6.07) is 6.62. The van der Waals surface area contributed by atoms with Gasteiger partial charge in [-0.15, -0.1) is 0 Å². The first kappa shape index (κ1) is 22.6. The molecule has 0 radical (unpaired) electrons. The summed E-state index contributed by atoms with van der Waals surface area (Å²) in [4.78, 5) is 9.78. The van der Waals surface area contributed by atoms with Gasteiger partial charge in [-0.05, 0) is 24.6 Å². The fourth-order valence-corrected chi connectivity index (χ4v) is 3.24. The third kappa shape index (κ3) is 6.43. The smallest absolute Gasteiger partial charge is 0.422 e. The molecule has 2 N–H and O–H groups in total. The number of guanidine groups is 1. The van der Waals surface area contributed by atoms with E-state index in [2.05, 4.69) is 20.6 Å². The number of rotatable bonds is 6. The number of benzene rings is 1. The second-order valence-electron chi connectivity index (χ2n) is 6.97. The van der Waals surface area contributed by atoms with Gasteiger partial charge in [-0.1, -0.05) is 6.07 Å². The van der Waals surface area contributed by atoms with Crippen molar-refractivity contribution in [2.75, 3.05) is 31.6 Å². The zero-order chi connectivity index (χ0) is 22.4. The van der Waals surface area contributed by atoms with Crippen LogP contribution < -0.4 is 20.3 Å². The van der Waals surface area contributed by atoms with E-state index in [0.29, 0.717) is 36.7 Å². The zero-order valence-electron chi connectivity index (χ0n) is 16.7. The predicted octanol–water partition coefficient (Wildman–Crippen LogP) is 3.24. The highest BCUT2D eigenvalue weighted by atomic mass is 19.4. The third-order valence-electron chi connectivity index (χ3n) is 4.67. The molecule has 1 saturated heterocycles. The first-order valence-corrected chi connectivity index (χ1v) is 9.56. The maximum atomic E-state index is 14.0. The van der Waals surface area contributed by atoms with Gasteiger partial charge in [0, 0.05) is 50.6 Å². The van der Waals surface area contributed by atoms with Gasteiger partial charge in [-0.25, -0.2) is 13.8 Å². The highest BCUT2D eigenvalue weighted by Gasteiger charge is 2.29. The van der Waals surface area contributed by atoms with Crippen LogP contribution in [0.25, 0.3) is 0 Å². The summed E-state index contributed by atoms with van der Waals surface area (Å²) < 4.78 is 69.2. The Bertz CT molecular complexity index is 921. The van der Waals surface area contributed by atoms with Gasteiger partial charge in [0.15, 0.2) is 12.6 Å². The van der Waals surface area contributed by atoms with Crippen LogP contribution in [0, 0.1) is 11.6 Å². The lowest BCUT2D eigenvalue weighted by Gasteiger charge is -2.21. The number of aliphatic imine (C=N–C) groups is 1. The normalized spacial score (nSPS) is 17.0. The van der Waals surface area contributed by atoms with Crippen LogP contribution in [-0.2, 0) is 6.54 Å². The van der Waals surface area contributed by atoms with Gasteiger partial charge in [0.05, 0.1) is 5.69 Å². The lowest BCUT2D eigenvalue weighted by atomic mass is 10.2. The quantitative estimate of drug-likeness (QED) is 0.408. The minimum atomic E-state index is -4.46. The molecule has 2 heterocycles. The molecule has 0 spiro atoms. The van der Waals surface area contributed by atoms with Crippen LogP contribution in [0.15, 0.2) is 41.5 Å². The Labute approximate surface area is 176 Å². The first-order chi connectivity index (χ1) is 14.7. The Morgan fingerprint density at radius 3 is 2.81 bits per heavy atom. The van der Waals surface area contributed by atoms with Gasteiger partial charge in [-0.3, -0.25) is 4.99 Å². The molecule has 6 nitrogen and oxygen atoms in total. The number of nitrogens with one attached hydrogen (secondary N) is 2. The topological polar surface area (TPSA) is 61.8 Å². The van der Waals surface area contributed by atoms with Crippen LogP contribution in [0.1, 0.15) is 12.0 Å². The fourth-order valence-electron chi connectivity index (χ4n) is 3.24. The highest BCUT2D eigenvalue weighted by Crippen LogP contribution is 2.24. The van der Waals surface area contributed by atoms with E-state index in [4.69, 9.17) is 4.74 Å². The molecule has 1 fully saturated rings. The minimum absolute atomic E-state index is 0.0505. The molecule has 1 aromatic carbocycles. The van der Waals surface area contributed by atoms with Crippen molar-refractivity contribution in [1.82, 2.24) is 15.6 Å². The Hall–Kier alpha value is -3.11. The molecule has 2 aromatic rings.